The Morgan fingerprint density at radius 1 is 1.09 bits per heavy atom. The van der Waals surface area contributed by atoms with Crippen LogP contribution >= 0.6 is 0 Å². The van der Waals surface area contributed by atoms with Crippen LogP contribution in [0.5, 0.6) is 5.75 Å². The van der Waals surface area contributed by atoms with Crippen molar-refractivity contribution in [2.75, 3.05) is 0 Å². The van der Waals surface area contributed by atoms with Gasteiger partial charge in [-0.2, -0.15) is 0 Å². The standard InChI is InChI=1S/C19H18N2O2/c1-12(2)23-16-7-5-13(6-8-16)18-11-21-10-15-4-3-14(19(20)22)9-17(15)18/h3-12H,1-2H3,(H2,20,22). The lowest BCUT2D eigenvalue weighted by atomic mass is 9.99. The SMILES string of the molecule is CC(C)Oc1ccc(-c2cncc3ccc(C(N)=O)cc23)cc1. The van der Waals surface area contributed by atoms with Gasteiger partial charge in [-0.15, -0.1) is 0 Å². The first-order valence-electron chi connectivity index (χ1n) is 7.49. The van der Waals surface area contributed by atoms with E-state index in [9.17, 15) is 4.79 Å². The van der Waals surface area contributed by atoms with Crippen molar-refractivity contribution in [2.24, 2.45) is 5.73 Å². The summed E-state index contributed by atoms with van der Waals surface area (Å²) in [7, 11) is 0. The molecule has 0 saturated heterocycles. The summed E-state index contributed by atoms with van der Waals surface area (Å²) in [6.07, 6.45) is 3.71. The van der Waals surface area contributed by atoms with Gasteiger partial charge in [0, 0.05) is 28.9 Å². The molecule has 0 unspecified atom stereocenters. The Balaban J connectivity index is 2.08. The Hall–Kier alpha value is -2.88. The Kier molecular flexibility index (Phi) is 3.98. The first kappa shape index (κ1) is 15.0. The Morgan fingerprint density at radius 2 is 1.83 bits per heavy atom. The maximum absolute atomic E-state index is 11.4. The molecule has 23 heavy (non-hydrogen) atoms. The molecule has 4 heteroatoms. The first-order chi connectivity index (χ1) is 11.0. The van der Waals surface area contributed by atoms with Crippen LogP contribution in [-0.4, -0.2) is 17.0 Å². The molecule has 1 aromatic heterocycles. The Bertz CT molecular complexity index is 855. The molecule has 3 aromatic rings. The van der Waals surface area contributed by atoms with E-state index in [1.165, 1.54) is 0 Å². The second-order valence-corrected chi connectivity index (χ2v) is 5.68. The zero-order valence-electron chi connectivity index (χ0n) is 13.1. The molecular formula is C19H18N2O2. The third kappa shape index (κ3) is 3.16. The van der Waals surface area contributed by atoms with Crippen LogP contribution in [0.15, 0.2) is 54.9 Å². The smallest absolute Gasteiger partial charge is 0.248 e. The normalized spacial score (nSPS) is 10.9. The van der Waals surface area contributed by atoms with Gasteiger partial charge in [-0.3, -0.25) is 9.78 Å². The number of rotatable bonds is 4. The third-order valence-corrected chi connectivity index (χ3v) is 3.58. The predicted octanol–water partition coefficient (Wildman–Crippen LogP) is 3.79. The minimum Gasteiger partial charge on any atom is -0.491 e. The summed E-state index contributed by atoms with van der Waals surface area (Å²) < 4.78 is 5.67. The molecule has 0 bridgehead atoms. The van der Waals surface area contributed by atoms with E-state index in [1.807, 2.05) is 50.2 Å². The average Bonchev–Trinajstić information content (AvgIpc) is 2.54. The molecule has 0 aliphatic heterocycles. The summed E-state index contributed by atoms with van der Waals surface area (Å²) in [5, 5.41) is 1.92. The molecule has 0 aliphatic rings. The van der Waals surface area contributed by atoms with Crippen LogP contribution in [0.1, 0.15) is 24.2 Å². The van der Waals surface area contributed by atoms with Gasteiger partial charge in [0.25, 0.3) is 0 Å². The van der Waals surface area contributed by atoms with Crippen molar-refractivity contribution in [3.63, 3.8) is 0 Å². The summed E-state index contributed by atoms with van der Waals surface area (Å²) >= 11 is 0. The maximum atomic E-state index is 11.4. The number of carbonyl (C=O) groups is 1. The van der Waals surface area contributed by atoms with E-state index in [1.54, 1.807) is 18.5 Å². The van der Waals surface area contributed by atoms with Crippen LogP contribution in [0.4, 0.5) is 0 Å². The highest BCUT2D eigenvalue weighted by atomic mass is 16.5. The molecule has 4 nitrogen and oxygen atoms in total. The third-order valence-electron chi connectivity index (χ3n) is 3.58. The van der Waals surface area contributed by atoms with Crippen molar-refractivity contribution in [3.05, 3.63) is 60.4 Å². The molecule has 0 radical (unpaired) electrons. The fraction of sp³-hybridized carbons (Fsp3) is 0.158. The van der Waals surface area contributed by atoms with Crippen LogP contribution in [0.25, 0.3) is 21.9 Å². The van der Waals surface area contributed by atoms with E-state index in [-0.39, 0.29) is 6.10 Å². The van der Waals surface area contributed by atoms with Crippen molar-refractivity contribution in [3.8, 4) is 16.9 Å². The fourth-order valence-electron chi connectivity index (χ4n) is 2.53. The zero-order valence-corrected chi connectivity index (χ0v) is 13.1. The van der Waals surface area contributed by atoms with Gasteiger partial charge in [0.05, 0.1) is 6.10 Å². The molecule has 116 valence electrons. The summed E-state index contributed by atoms with van der Waals surface area (Å²) in [6.45, 7) is 3.99. The maximum Gasteiger partial charge on any atom is 0.248 e. The molecule has 1 amide bonds. The highest BCUT2D eigenvalue weighted by Crippen LogP contribution is 2.29. The second-order valence-electron chi connectivity index (χ2n) is 5.68. The number of nitrogens with zero attached hydrogens (tertiary/aromatic N) is 1. The number of amides is 1. The van der Waals surface area contributed by atoms with Gasteiger partial charge < -0.3 is 10.5 Å². The second kappa shape index (κ2) is 6.08. The number of benzene rings is 2. The average molecular weight is 306 g/mol. The van der Waals surface area contributed by atoms with Crippen LogP contribution in [0, 0.1) is 0 Å². The molecule has 2 N–H and O–H groups in total. The van der Waals surface area contributed by atoms with E-state index >= 15 is 0 Å². The van der Waals surface area contributed by atoms with Crippen molar-refractivity contribution in [1.29, 1.82) is 0 Å². The summed E-state index contributed by atoms with van der Waals surface area (Å²) in [6, 6.07) is 13.2. The van der Waals surface area contributed by atoms with Crippen LogP contribution in [0.2, 0.25) is 0 Å². The lowest BCUT2D eigenvalue weighted by molar-refractivity contribution is 0.100. The number of pyridine rings is 1. The predicted molar refractivity (Wildman–Crippen MR) is 91.5 cm³/mol. The van der Waals surface area contributed by atoms with Crippen LogP contribution in [0.3, 0.4) is 0 Å². The highest BCUT2D eigenvalue weighted by Gasteiger charge is 2.08. The van der Waals surface area contributed by atoms with Crippen molar-refractivity contribution in [1.82, 2.24) is 4.98 Å². The van der Waals surface area contributed by atoms with Gasteiger partial charge in [0.2, 0.25) is 5.91 Å². The van der Waals surface area contributed by atoms with Crippen molar-refractivity contribution < 1.29 is 9.53 Å². The van der Waals surface area contributed by atoms with Crippen LogP contribution in [-0.2, 0) is 0 Å². The molecule has 0 atom stereocenters. The molecule has 3 rings (SSSR count). The van der Waals surface area contributed by atoms with Gasteiger partial charge in [-0.1, -0.05) is 18.2 Å². The Labute approximate surface area is 134 Å². The quantitative estimate of drug-likeness (QED) is 0.797. The molecule has 2 aromatic carbocycles. The zero-order chi connectivity index (χ0) is 16.4. The van der Waals surface area contributed by atoms with Gasteiger partial charge >= 0.3 is 0 Å². The van der Waals surface area contributed by atoms with E-state index in [4.69, 9.17) is 10.5 Å². The topological polar surface area (TPSA) is 65.2 Å². The molecule has 0 saturated carbocycles. The molecular weight excluding hydrogens is 288 g/mol. The monoisotopic (exact) mass is 306 g/mol. The molecule has 0 fully saturated rings. The summed E-state index contributed by atoms with van der Waals surface area (Å²) in [5.41, 5.74) is 7.85. The minimum absolute atomic E-state index is 0.137. The highest BCUT2D eigenvalue weighted by molar-refractivity contribution is 6.02. The van der Waals surface area contributed by atoms with Crippen molar-refractivity contribution in [2.45, 2.75) is 20.0 Å². The lowest BCUT2D eigenvalue weighted by Gasteiger charge is -2.11. The number of ether oxygens (including phenoxy) is 1. The van der Waals surface area contributed by atoms with E-state index < -0.39 is 5.91 Å². The van der Waals surface area contributed by atoms with Crippen molar-refractivity contribution >= 4 is 16.7 Å². The number of hydrogen-bond acceptors (Lipinski definition) is 3. The lowest BCUT2D eigenvalue weighted by Crippen LogP contribution is -2.10. The molecule has 0 aliphatic carbocycles. The molecule has 1 heterocycles. The summed E-state index contributed by atoms with van der Waals surface area (Å²) in [5.74, 6) is 0.394. The van der Waals surface area contributed by atoms with E-state index in [0.29, 0.717) is 5.56 Å². The number of primary amides is 1. The minimum atomic E-state index is -0.435. The number of aromatic nitrogens is 1. The number of hydrogen-bond donors (Lipinski definition) is 1. The van der Waals surface area contributed by atoms with Gasteiger partial charge in [0.15, 0.2) is 0 Å². The van der Waals surface area contributed by atoms with Gasteiger partial charge in [-0.25, -0.2) is 0 Å². The van der Waals surface area contributed by atoms with Gasteiger partial charge in [-0.05, 0) is 49.1 Å². The number of fused-ring (bicyclic) bond motifs is 1. The number of nitrogens with two attached hydrogens (primary N) is 1. The van der Waals surface area contributed by atoms with Crippen LogP contribution < -0.4 is 10.5 Å². The Morgan fingerprint density at radius 3 is 2.48 bits per heavy atom. The van der Waals surface area contributed by atoms with E-state index in [2.05, 4.69) is 4.98 Å². The number of carbonyl (C=O) groups excluding carboxylic acids is 1. The fourth-order valence-corrected chi connectivity index (χ4v) is 2.53. The largest absolute Gasteiger partial charge is 0.491 e. The summed E-state index contributed by atoms with van der Waals surface area (Å²) in [4.78, 5) is 15.7. The van der Waals surface area contributed by atoms with Gasteiger partial charge in [0.1, 0.15) is 5.75 Å². The molecule has 0 spiro atoms. The van der Waals surface area contributed by atoms with E-state index in [0.717, 1.165) is 27.6 Å². The first-order valence-corrected chi connectivity index (χ1v) is 7.49.